The lowest BCUT2D eigenvalue weighted by Gasteiger charge is -2.24. The summed E-state index contributed by atoms with van der Waals surface area (Å²) in [4.78, 5) is 82.5. The quantitative estimate of drug-likeness (QED) is 0.152. The Labute approximate surface area is 281 Å². The lowest BCUT2D eigenvalue weighted by molar-refractivity contribution is -0.126. The number of rotatable bonds is 14. The third-order valence-corrected chi connectivity index (χ3v) is 8.19. The number of carbonyl (C=O) groups excluding carboxylic acids is 6. The molecule has 250 valence electrons. The van der Waals surface area contributed by atoms with Crippen LogP contribution in [-0.4, -0.2) is 61.9 Å². The van der Waals surface area contributed by atoms with Crippen molar-refractivity contribution in [1.29, 1.82) is 0 Å². The number of nitrogens with zero attached hydrogens (tertiary/aromatic N) is 4. The smallest absolute Gasteiger partial charge is 0.260 e. The van der Waals surface area contributed by atoms with Crippen molar-refractivity contribution in [3.05, 3.63) is 107 Å². The predicted molar refractivity (Wildman–Crippen MR) is 181 cm³/mol. The number of imide groups is 2. The van der Waals surface area contributed by atoms with Crippen molar-refractivity contribution in [3.63, 3.8) is 0 Å². The fourth-order valence-corrected chi connectivity index (χ4v) is 5.52. The van der Waals surface area contributed by atoms with E-state index >= 15 is 0 Å². The zero-order chi connectivity index (χ0) is 34.9. The van der Waals surface area contributed by atoms with Gasteiger partial charge in [-0.05, 0) is 73.9 Å². The summed E-state index contributed by atoms with van der Waals surface area (Å²) in [7, 11) is 0. The first-order valence-corrected chi connectivity index (χ1v) is 15.6. The largest absolute Gasteiger partial charge is 0.349 e. The molecule has 0 fully saturated rings. The van der Waals surface area contributed by atoms with Crippen molar-refractivity contribution in [2.45, 2.75) is 52.4 Å². The van der Waals surface area contributed by atoms with E-state index in [9.17, 15) is 28.8 Å². The van der Waals surface area contributed by atoms with E-state index in [1.807, 2.05) is 52.3 Å². The van der Waals surface area contributed by atoms with Gasteiger partial charge in [-0.15, -0.1) is 0 Å². The summed E-state index contributed by atoms with van der Waals surface area (Å²) in [5, 5.41) is 9.79. The molecule has 0 radical (unpaired) electrons. The van der Waals surface area contributed by atoms with Crippen molar-refractivity contribution < 1.29 is 28.8 Å². The summed E-state index contributed by atoms with van der Waals surface area (Å²) in [6.45, 7) is 3.83. The second-order valence-corrected chi connectivity index (χ2v) is 11.5. The molecule has 3 aromatic heterocycles. The Morgan fingerprint density at radius 2 is 1.69 bits per heavy atom. The molecule has 2 aromatic carbocycles. The SMILES string of the molecule is Cc1cc(C(=O)NCc2ccc(CNC(=O)Cn3c4ccccc4c4cccnc43)nc2)ccc1C(=O)N(C=O)C(C)CCC(=O)NC=O. The summed E-state index contributed by atoms with van der Waals surface area (Å²) in [6.07, 6.45) is 4.17. The maximum atomic E-state index is 13.1. The van der Waals surface area contributed by atoms with E-state index in [0.717, 1.165) is 32.4 Å². The predicted octanol–water partition coefficient (Wildman–Crippen LogP) is 3.18. The van der Waals surface area contributed by atoms with Crippen LogP contribution in [-0.2, 0) is 38.8 Å². The molecule has 5 rings (SSSR count). The number of hydrogen-bond donors (Lipinski definition) is 3. The van der Waals surface area contributed by atoms with E-state index in [2.05, 4.69) is 20.6 Å². The average molecular weight is 662 g/mol. The highest BCUT2D eigenvalue weighted by atomic mass is 16.2. The molecule has 0 spiro atoms. The number of aryl methyl sites for hydroxylation is 1. The molecular weight excluding hydrogens is 626 g/mol. The van der Waals surface area contributed by atoms with Crippen LogP contribution in [0, 0.1) is 6.92 Å². The fraction of sp³-hybridized carbons (Fsp3) is 0.222. The minimum atomic E-state index is -0.593. The second kappa shape index (κ2) is 15.6. The van der Waals surface area contributed by atoms with Crippen molar-refractivity contribution in [2.75, 3.05) is 0 Å². The number of fused-ring (bicyclic) bond motifs is 3. The van der Waals surface area contributed by atoms with Crippen LogP contribution in [0.4, 0.5) is 0 Å². The Kier molecular flexibility index (Phi) is 10.8. The van der Waals surface area contributed by atoms with Gasteiger partial charge < -0.3 is 15.2 Å². The first kappa shape index (κ1) is 34.1. The van der Waals surface area contributed by atoms with Gasteiger partial charge in [0.15, 0.2) is 0 Å². The highest BCUT2D eigenvalue weighted by Crippen LogP contribution is 2.27. The van der Waals surface area contributed by atoms with Crippen LogP contribution in [0.2, 0.25) is 0 Å². The lowest BCUT2D eigenvalue weighted by Crippen LogP contribution is -2.38. The van der Waals surface area contributed by atoms with Gasteiger partial charge in [0.1, 0.15) is 12.2 Å². The number of pyridine rings is 2. The zero-order valence-electron chi connectivity index (χ0n) is 27.0. The van der Waals surface area contributed by atoms with E-state index < -0.39 is 17.9 Å². The topological polar surface area (TPSA) is 172 Å². The summed E-state index contributed by atoms with van der Waals surface area (Å²) in [5.74, 6) is -1.61. The second-order valence-electron chi connectivity index (χ2n) is 11.5. The van der Waals surface area contributed by atoms with Gasteiger partial charge in [0.2, 0.25) is 24.6 Å². The van der Waals surface area contributed by atoms with Crippen LogP contribution < -0.4 is 16.0 Å². The van der Waals surface area contributed by atoms with Crippen LogP contribution in [0.3, 0.4) is 0 Å². The zero-order valence-corrected chi connectivity index (χ0v) is 27.0. The van der Waals surface area contributed by atoms with Crippen molar-refractivity contribution in [1.82, 2.24) is 35.4 Å². The van der Waals surface area contributed by atoms with Crippen LogP contribution in [0.5, 0.6) is 0 Å². The molecule has 13 nitrogen and oxygen atoms in total. The van der Waals surface area contributed by atoms with E-state index in [1.54, 1.807) is 38.4 Å². The van der Waals surface area contributed by atoms with Crippen LogP contribution in [0.1, 0.15) is 57.3 Å². The van der Waals surface area contributed by atoms with E-state index in [4.69, 9.17) is 0 Å². The number of hydrogen-bond acceptors (Lipinski definition) is 8. The number of carbonyl (C=O) groups is 6. The van der Waals surface area contributed by atoms with Crippen LogP contribution in [0.15, 0.2) is 79.1 Å². The minimum absolute atomic E-state index is 0.0347. The summed E-state index contributed by atoms with van der Waals surface area (Å²) in [6, 6.07) is 19.3. The third kappa shape index (κ3) is 8.01. The van der Waals surface area contributed by atoms with Gasteiger partial charge in [-0.2, -0.15) is 0 Å². The Morgan fingerprint density at radius 1 is 0.898 bits per heavy atom. The van der Waals surface area contributed by atoms with Crippen LogP contribution >= 0.6 is 0 Å². The molecule has 3 N–H and O–H groups in total. The maximum Gasteiger partial charge on any atom is 0.260 e. The highest BCUT2D eigenvalue weighted by Gasteiger charge is 2.24. The molecule has 5 aromatic rings. The molecule has 0 bridgehead atoms. The first-order chi connectivity index (χ1) is 23.7. The Bertz CT molecular complexity index is 1990. The first-order valence-electron chi connectivity index (χ1n) is 15.6. The van der Waals surface area contributed by atoms with E-state index in [0.29, 0.717) is 23.2 Å². The highest BCUT2D eigenvalue weighted by molar-refractivity contribution is 6.07. The van der Waals surface area contributed by atoms with E-state index in [-0.39, 0.29) is 56.3 Å². The molecule has 49 heavy (non-hydrogen) atoms. The molecule has 13 heteroatoms. The molecular formula is C36H35N7O6. The minimum Gasteiger partial charge on any atom is -0.349 e. The number of aromatic nitrogens is 3. The standard InChI is InChI=1S/C36H35N7O6/c1-23-16-26(11-13-28(23)36(49)43(22-45)24(2)9-14-32(46)41-21-44)35(48)40-18-25-10-12-27(38-17-25)19-39-33(47)20-42-31-8-4-3-6-29(31)30-7-5-15-37-34(30)42/h3-8,10-13,15-17,21-22,24H,9,14,18-20H2,1-2H3,(H,39,47)(H,40,48)(H,41,44,46). The number of benzene rings is 2. The fourth-order valence-electron chi connectivity index (χ4n) is 5.52. The number of amides is 6. The Balaban J connectivity index is 1.12. The summed E-state index contributed by atoms with van der Waals surface area (Å²) < 4.78 is 1.90. The van der Waals surface area contributed by atoms with Gasteiger partial charge in [-0.1, -0.05) is 24.3 Å². The number of para-hydroxylation sites is 1. The van der Waals surface area contributed by atoms with Crippen molar-refractivity contribution >= 4 is 58.4 Å². The summed E-state index contributed by atoms with van der Waals surface area (Å²) >= 11 is 0. The lowest BCUT2D eigenvalue weighted by atomic mass is 10.0. The molecule has 0 saturated heterocycles. The molecule has 3 heterocycles. The van der Waals surface area contributed by atoms with Gasteiger partial charge >= 0.3 is 0 Å². The molecule has 0 aliphatic heterocycles. The molecule has 0 aliphatic carbocycles. The third-order valence-electron chi connectivity index (χ3n) is 8.19. The van der Waals surface area contributed by atoms with Gasteiger partial charge in [0.05, 0.1) is 17.8 Å². The number of nitrogens with one attached hydrogen (secondary N) is 3. The van der Waals surface area contributed by atoms with E-state index in [1.165, 1.54) is 12.1 Å². The van der Waals surface area contributed by atoms with Gasteiger partial charge in [0, 0.05) is 53.3 Å². The maximum absolute atomic E-state index is 13.1. The molecule has 1 atom stereocenters. The van der Waals surface area contributed by atoms with Crippen LogP contribution in [0.25, 0.3) is 21.9 Å². The van der Waals surface area contributed by atoms with Crippen molar-refractivity contribution in [3.8, 4) is 0 Å². The van der Waals surface area contributed by atoms with Gasteiger partial charge in [-0.3, -0.25) is 44.0 Å². The molecule has 6 amide bonds. The van der Waals surface area contributed by atoms with Gasteiger partial charge in [0.25, 0.3) is 11.8 Å². The monoisotopic (exact) mass is 661 g/mol. The normalized spacial score (nSPS) is 11.5. The molecule has 0 saturated carbocycles. The Hall–Kier alpha value is -6.24. The molecule has 0 aliphatic rings. The van der Waals surface area contributed by atoms with Gasteiger partial charge in [-0.25, -0.2) is 4.98 Å². The van der Waals surface area contributed by atoms with Crippen molar-refractivity contribution in [2.24, 2.45) is 0 Å². The summed E-state index contributed by atoms with van der Waals surface area (Å²) in [5.41, 5.74) is 4.15. The molecule has 1 unspecified atom stereocenters. The average Bonchev–Trinajstić information content (AvgIpc) is 3.42. The Morgan fingerprint density at radius 3 is 2.43 bits per heavy atom.